The van der Waals surface area contributed by atoms with E-state index in [0.29, 0.717) is 21.6 Å². The smallest absolute Gasteiger partial charge is 0.123 e. The molecule has 0 radical (unpaired) electrons. The van der Waals surface area contributed by atoms with Crippen LogP contribution < -0.4 is 5.32 Å². The third-order valence-corrected chi connectivity index (χ3v) is 4.34. The highest BCUT2D eigenvalue weighted by atomic mass is 35.5. The van der Waals surface area contributed by atoms with E-state index >= 15 is 0 Å². The Kier molecular flexibility index (Phi) is 5.28. The molecular formula is C15H13Cl3FN. The molecule has 0 heterocycles. The molecule has 106 valence electrons. The van der Waals surface area contributed by atoms with Gasteiger partial charge in [-0.3, -0.25) is 0 Å². The molecule has 0 aliphatic rings. The van der Waals surface area contributed by atoms with E-state index < -0.39 is 0 Å². The summed E-state index contributed by atoms with van der Waals surface area (Å²) in [4.78, 5) is 0. The zero-order chi connectivity index (χ0) is 14.7. The van der Waals surface area contributed by atoms with Crippen LogP contribution in [0, 0.1) is 5.82 Å². The molecule has 20 heavy (non-hydrogen) atoms. The zero-order valence-corrected chi connectivity index (χ0v) is 13.0. The number of hydrogen-bond donors (Lipinski definition) is 1. The monoisotopic (exact) mass is 331 g/mol. The molecule has 2 aromatic rings. The Balaban J connectivity index is 2.09. The lowest BCUT2D eigenvalue weighted by Gasteiger charge is -2.17. The van der Waals surface area contributed by atoms with E-state index in [-0.39, 0.29) is 11.9 Å². The summed E-state index contributed by atoms with van der Waals surface area (Å²) in [5.41, 5.74) is 1.73. The summed E-state index contributed by atoms with van der Waals surface area (Å²) in [6.45, 7) is 2.50. The van der Waals surface area contributed by atoms with Gasteiger partial charge in [0, 0.05) is 12.6 Å². The molecule has 0 aliphatic carbocycles. The standard InChI is InChI=1S/C15H13Cl3FN/c1-9(12-5-6-13(16)15(18)14(12)17)20-8-10-3-2-4-11(19)7-10/h2-7,9,20H,8H2,1H3. The summed E-state index contributed by atoms with van der Waals surface area (Å²) in [6, 6.07) is 9.98. The van der Waals surface area contributed by atoms with Crippen LogP contribution in [-0.2, 0) is 6.54 Å². The number of nitrogens with one attached hydrogen (secondary N) is 1. The molecule has 0 saturated heterocycles. The molecular weight excluding hydrogens is 320 g/mol. The van der Waals surface area contributed by atoms with Gasteiger partial charge in [0.15, 0.2) is 0 Å². The minimum Gasteiger partial charge on any atom is -0.306 e. The maximum absolute atomic E-state index is 13.1. The highest BCUT2D eigenvalue weighted by Gasteiger charge is 2.14. The minimum atomic E-state index is -0.246. The van der Waals surface area contributed by atoms with Crippen LogP contribution in [0.3, 0.4) is 0 Å². The molecule has 0 fully saturated rings. The second-order valence-electron chi connectivity index (χ2n) is 4.50. The summed E-state index contributed by atoms with van der Waals surface area (Å²) in [7, 11) is 0. The Morgan fingerprint density at radius 1 is 1.10 bits per heavy atom. The number of hydrogen-bond acceptors (Lipinski definition) is 1. The van der Waals surface area contributed by atoms with E-state index in [9.17, 15) is 4.39 Å². The molecule has 1 nitrogen and oxygen atoms in total. The predicted octanol–water partition coefficient (Wildman–Crippen LogP) is 5.64. The second kappa shape index (κ2) is 6.77. The summed E-state index contributed by atoms with van der Waals surface area (Å²) >= 11 is 18.1. The second-order valence-corrected chi connectivity index (χ2v) is 5.66. The molecule has 1 unspecified atom stereocenters. The maximum atomic E-state index is 13.1. The fraction of sp³-hybridized carbons (Fsp3) is 0.200. The summed E-state index contributed by atoms with van der Waals surface area (Å²) in [5.74, 6) is -0.246. The van der Waals surface area contributed by atoms with E-state index in [4.69, 9.17) is 34.8 Å². The zero-order valence-electron chi connectivity index (χ0n) is 10.8. The Bertz CT molecular complexity index is 616. The van der Waals surface area contributed by atoms with E-state index in [1.54, 1.807) is 12.1 Å². The first-order valence-corrected chi connectivity index (χ1v) is 7.23. The first-order chi connectivity index (χ1) is 9.49. The van der Waals surface area contributed by atoms with Crippen molar-refractivity contribution in [1.29, 1.82) is 0 Å². The molecule has 0 saturated carbocycles. The molecule has 0 spiro atoms. The van der Waals surface area contributed by atoms with E-state index in [1.165, 1.54) is 12.1 Å². The topological polar surface area (TPSA) is 12.0 Å². The van der Waals surface area contributed by atoms with Gasteiger partial charge in [-0.15, -0.1) is 0 Å². The quantitative estimate of drug-likeness (QED) is 0.715. The van der Waals surface area contributed by atoms with Gasteiger partial charge in [-0.1, -0.05) is 53.0 Å². The summed E-state index contributed by atoms with van der Waals surface area (Å²) in [5, 5.41) is 4.50. The Labute approximate surface area is 132 Å². The lowest BCUT2D eigenvalue weighted by molar-refractivity contribution is 0.569. The molecule has 0 aliphatic heterocycles. The van der Waals surface area contributed by atoms with Crippen LogP contribution in [0.5, 0.6) is 0 Å². The van der Waals surface area contributed by atoms with Gasteiger partial charge >= 0.3 is 0 Å². The van der Waals surface area contributed by atoms with Crippen LogP contribution in [0.25, 0.3) is 0 Å². The van der Waals surface area contributed by atoms with Crippen molar-refractivity contribution in [3.63, 3.8) is 0 Å². The Morgan fingerprint density at radius 2 is 1.85 bits per heavy atom. The van der Waals surface area contributed by atoms with Gasteiger partial charge in [0.25, 0.3) is 0 Å². The lowest BCUT2D eigenvalue weighted by Crippen LogP contribution is -2.18. The van der Waals surface area contributed by atoms with Crippen molar-refractivity contribution in [2.75, 3.05) is 0 Å². The van der Waals surface area contributed by atoms with E-state index in [2.05, 4.69) is 5.32 Å². The molecule has 2 aromatic carbocycles. The van der Waals surface area contributed by atoms with Gasteiger partial charge in [-0.25, -0.2) is 4.39 Å². The Hall–Kier alpha value is -0.800. The SMILES string of the molecule is CC(NCc1cccc(F)c1)c1ccc(Cl)c(Cl)c1Cl. The van der Waals surface area contributed by atoms with E-state index in [1.807, 2.05) is 19.1 Å². The van der Waals surface area contributed by atoms with Gasteiger partial charge in [-0.2, -0.15) is 0 Å². The fourth-order valence-corrected chi connectivity index (χ4v) is 2.61. The third kappa shape index (κ3) is 3.64. The van der Waals surface area contributed by atoms with Crippen molar-refractivity contribution in [3.8, 4) is 0 Å². The normalized spacial score (nSPS) is 12.4. The molecule has 1 atom stereocenters. The number of halogens is 4. The largest absolute Gasteiger partial charge is 0.306 e. The van der Waals surface area contributed by atoms with Gasteiger partial charge in [-0.05, 0) is 36.2 Å². The van der Waals surface area contributed by atoms with Crippen molar-refractivity contribution >= 4 is 34.8 Å². The van der Waals surface area contributed by atoms with Gasteiger partial charge in [0.2, 0.25) is 0 Å². The summed E-state index contributed by atoms with van der Waals surface area (Å²) in [6.07, 6.45) is 0. The van der Waals surface area contributed by atoms with E-state index in [0.717, 1.165) is 11.1 Å². The molecule has 5 heteroatoms. The van der Waals surface area contributed by atoms with Crippen molar-refractivity contribution in [3.05, 3.63) is 68.4 Å². The van der Waals surface area contributed by atoms with Gasteiger partial charge < -0.3 is 5.32 Å². The van der Waals surface area contributed by atoms with Crippen molar-refractivity contribution < 1.29 is 4.39 Å². The van der Waals surface area contributed by atoms with Crippen LogP contribution in [0.1, 0.15) is 24.1 Å². The average Bonchev–Trinajstić information content (AvgIpc) is 2.42. The molecule has 1 N–H and O–H groups in total. The molecule has 0 amide bonds. The first-order valence-electron chi connectivity index (χ1n) is 6.10. The highest BCUT2D eigenvalue weighted by molar-refractivity contribution is 6.48. The number of benzene rings is 2. The lowest BCUT2D eigenvalue weighted by atomic mass is 10.1. The van der Waals surface area contributed by atoms with Crippen LogP contribution in [-0.4, -0.2) is 0 Å². The van der Waals surface area contributed by atoms with Crippen LogP contribution in [0.4, 0.5) is 4.39 Å². The molecule has 2 rings (SSSR count). The third-order valence-electron chi connectivity index (χ3n) is 3.03. The van der Waals surface area contributed by atoms with Crippen LogP contribution in [0.2, 0.25) is 15.1 Å². The maximum Gasteiger partial charge on any atom is 0.123 e. The highest BCUT2D eigenvalue weighted by Crippen LogP contribution is 2.35. The predicted molar refractivity (Wildman–Crippen MR) is 83.1 cm³/mol. The fourth-order valence-electron chi connectivity index (χ4n) is 1.90. The Morgan fingerprint density at radius 3 is 2.55 bits per heavy atom. The first kappa shape index (κ1) is 15.6. The van der Waals surface area contributed by atoms with Crippen molar-refractivity contribution in [2.24, 2.45) is 0 Å². The molecule has 0 aromatic heterocycles. The van der Waals surface area contributed by atoms with Gasteiger partial charge in [0.05, 0.1) is 15.1 Å². The van der Waals surface area contributed by atoms with Crippen LogP contribution >= 0.6 is 34.8 Å². The van der Waals surface area contributed by atoms with Gasteiger partial charge in [0.1, 0.15) is 5.82 Å². The van der Waals surface area contributed by atoms with Crippen molar-refractivity contribution in [1.82, 2.24) is 5.32 Å². The summed E-state index contributed by atoms with van der Waals surface area (Å²) < 4.78 is 13.1. The van der Waals surface area contributed by atoms with Crippen LogP contribution in [0.15, 0.2) is 36.4 Å². The molecule has 0 bridgehead atoms. The average molecular weight is 333 g/mol. The minimum absolute atomic E-state index is 0.0273. The van der Waals surface area contributed by atoms with Crippen molar-refractivity contribution in [2.45, 2.75) is 19.5 Å². The number of rotatable bonds is 4.